The van der Waals surface area contributed by atoms with Gasteiger partial charge in [0.15, 0.2) is 6.40 Å². The summed E-state index contributed by atoms with van der Waals surface area (Å²) in [6, 6.07) is 5.23. The Labute approximate surface area is 136 Å². The number of carbonyl (C=O) groups excluding carboxylic acids is 1. The number of methoxy groups -OCH3 is 1. The summed E-state index contributed by atoms with van der Waals surface area (Å²) in [4.78, 5) is 11.8. The first kappa shape index (κ1) is 17.5. The van der Waals surface area contributed by atoms with Crippen molar-refractivity contribution in [2.45, 2.75) is 45.5 Å². The minimum atomic E-state index is -0.523. The predicted molar refractivity (Wildman–Crippen MR) is 87.1 cm³/mol. The van der Waals surface area contributed by atoms with Crippen molar-refractivity contribution in [2.75, 3.05) is 7.11 Å². The Morgan fingerprint density at radius 3 is 2.39 bits per heavy atom. The van der Waals surface area contributed by atoms with Crippen molar-refractivity contribution < 1.29 is 23.6 Å². The number of ether oxygens (including phenoxy) is 2. The molecule has 2 rings (SSSR count). The van der Waals surface area contributed by atoms with Gasteiger partial charge in [-0.15, -0.1) is 0 Å². The summed E-state index contributed by atoms with van der Waals surface area (Å²) in [5.74, 6) is -0.450. The highest BCUT2D eigenvalue weighted by Crippen LogP contribution is 2.36. The molecule has 1 aliphatic heterocycles. The molecule has 1 fully saturated rings. The zero-order valence-electron chi connectivity index (χ0n) is 14.1. The lowest BCUT2D eigenvalue weighted by Gasteiger charge is -2.32. The van der Waals surface area contributed by atoms with Gasteiger partial charge in [0.2, 0.25) is 0 Å². The van der Waals surface area contributed by atoms with E-state index in [1.165, 1.54) is 7.11 Å². The molecule has 0 amide bonds. The number of hydrogen-bond donors (Lipinski definition) is 1. The van der Waals surface area contributed by atoms with Crippen LogP contribution in [0.1, 0.15) is 43.6 Å². The van der Waals surface area contributed by atoms with Crippen molar-refractivity contribution in [3.63, 3.8) is 0 Å². The van der Waals surface area contributed by atoms with Gasteiger partial charge in [0.05, 0.1) is 23.9 Å². The van der Waals surface area contributed by atoms with Gasteiger partial charge in [0, 0.05) is 5.56 Å². The van der Waals surface area contributed by atoms with Gasteiger partial charge in [-0.3, -0.25) is 5.41 Å². The first-order valence-corrected chi connectivity index (χ1v) is 7.39. The van der Waals surface area contributed by atoms with E-state index in [0.717, 1.165) is 11.9 Å². The lowest BCUT2D eigenvalue weighted by molar-refractivity contribution is 0.00578. The molecule has 1 heterocycles. The summed E-state index contributed by atoms with van der Waals surface area (Å²) in [7, 11) is 0.802. The van der Waals surface area contributed by atoms with Crippen LogP contribution in [0.15, 0.2) is 18.2 Å². The van der Waals surface area contributed by atoms with Crippen LogP contribution < -0.4 is 5.46 Å². The summed E-state index contributed by atoms with van der Waals surface area (Å²) < 4.78 is 21.8. The Hall–Kier alpha value is -1.86. The largest absolute Gasteiger partial charge is 0.494 e. The van der Waals surface area contributed by atoms with Gasteiger partial charge < -0.3 is 18.8 Å². The summed E-state index contributed by atoms with van der Waals surface area (Å²) in [5.41, 5.74) is 0.927. The van der Waals surface area contributed by atoms with Crippen LogP contribution in [-0.2, 0) is 25.4 Å². The fourth-order valence-corrected chi connectivity index (χ4v) is 2.30. The molecule has 1 aromatic carbocycles. The number of benzene rings is 1. The maximum Gasteiger partial charge on any atom is 0.494 e. The van der Waals surface area contributed by atoms with E-state index in [-0.39, 0.29) is 6.61 Å². The maximum atomic E-state index is 11.8. The molecule has 1 aromatic rings. The van der Waals surface area contributed by atoms with Gasteiger partial charge >= 0.3 is 13.1 Å². The molecule has 124 valence electrons. The highest BCUT2D eigenvalue weighted by molar-refractivity contribution is 6.62. The van der Waals surface area contributed by atoms with Gasteiger partial charge in [0.1, 0.15) is 6.61 Å². The Morgan fingerprint density at radius 2 is 1.87 bits per heavy atom. The summed E-state index contributed by atoms with van der Waals surface area (Å²) in [6.45, 7) is 8.02. The number of carbonyl (C=O) groups is 1. The molecule has 1 saturated heterocycles. The molecule has 0 spiro atoms. The zero-order valence-corrected chi connectivity index (χ0v) is 14.1. The third kappa shape index (κ3) is 3.40. The number of nitrogens with one attached hydrogen (secondary N) is 1. The predicted octanol–water partition coefficient (Wildman–Crippen LogP) is 1.90. The summed E-state index contributed by atoms with van der Waals surface area (Å²) >= 11 is 0. The van der Waals surface area contributed by atoms with E-state index >= 15 is 0 Å². The number of esters is 1. The van der Waals surface area contributed by atoms with E-state index in [4.69, 9.17) is 24.2 Å². The molecule has 0 atom stereocenters. The van der Waals surface area contributed by atoms with Crippen molar-refractivity contribution in [2.24, 2.45) is 0 Å². The van der Waals surface area contributed by atoms with Crippen LogP contribution in [0.4, 0.5) is 0 Å². The highest BCUT2D eigenvalue weighted by Gasteiger charge is 2.51. The molecule has 0 aromatic heterocycles. The monoisotopic (exact) mass is 319 g/mol. The molecule has 1 aliphatic rings. The van der Waals surface area contributed by atoms with Crippen LogP contribution in [0, 0.1) is 5.41 Å². The van der Waals surface area contributed by atoms with E-state index in [1.54, 1.807) is 18.2 Å². The van der Waals surface area contributed by atoms with Crippen LogP contribution in [-0.4, -0.2) is 37.8 Å². The van der Waals surface area contributed by atoms with Gasteiger partial charge in [-0.25, -0.2) is 4.79 Å². The smallest absolute Gasteiger partial charge is 0.479 e. The van der Waals surface area contributed by atoms with Gasteiger partial charge in [-0.2, -0.15) is 0 Å². The third-order valence-corrected chi connectivity index (χ3v) is 4.38. The van der Waals surface area contributed by atoms with Crippen LogP contribution in [0.5, 0.6) is 0 Å². The van der Waals surface area contributed by atoms with E-state index in [9.17, 15) is 4.79 Å². The van der Waals surface area contributed by atoms with Gasteiger partial charge in [-0.1, -0.05) is 12.1 Å². The Morgan fingerprint density at radius 1 is 1.26 bits per heavy atom. The minimum absolute atomic E-state index is 0.0985. The normalized spacial score (nSPS) is 18.6. The van der Waals surface area contributed by atoms with Crippen LogP contribution in [0.3, 0.4) is 0 Å². The van der Waals surface area contributed by atoms with E-state index in [0.29, 0.717) is 11.1 Å². The lowest BCUT2D eigenvalue weighted by Crippen LogP contribution is -2.41. The van der Waals surface area contributed by atoms with Crippen molar-refractivity contribution in [1.29, 1.82) is 5.41 Å². The average molecular weight is 319 g/mol. The average Bonchev–Trinajstić information content (AvgIpc) is 2.72. The zero-order chi connectivity index (χ0) is 17.3. The fourth-order valence-electron chi connectivity index (χ4n) is 2.30. The van der Waals surface area contributed by atoms with Crippen LogP contribution in [0.2, 0.25) is 0 Å². The first-order valence-electron chi connectivity index (χ1n) is 7.39. The summed E-state index contributed by atoms with van der Waals surface area (Å²) in [6.07, 6.45) is 0.836. The Balaban J connectivity index is 2.34. The second-order valence-corrected chi connectivity index (χ2v) is 6.43. The topological polar surface area (TPSA) is 77.8 Å². The second kappa shape index (κ2) is 6.33. The van der Waals surface area contributed by atoms with Crippen molar-refractivity contribution >= 4 is 25.0 Å². The second-order valence-electron chi connectivity index (χ2n) is 6.43. The molecule has 1 N–H and O–H groups in total. The van der Waals surface area contributed by atoms with E-state index in [1.807, 2.05) is 27.7 Å². The summed E-state index contributed by atoms with van der Waals surface area (Å²) in [5, 5.41) is 6.99. The molecular formula is C16H22BNO5. The van der Waals surface area contributed by atoms with Gasteiger partial charge in [-0.05, 0) is 39.2 Å². The molecule has 6 nitrogen and oxygen atoms in total. The standard InChI is InChI=1S/C16H22BNO5/c1-15(2)16(3,4)23-17(22-15)12-6-7-13(14(19)20-5)11(8-12)9-21-10-18/h6-8,10,18H,9H2,1-5H3. The lowest BCUT2D eigenvalue weighted by atomic mass is 9.77. The highest BCUT2D eigenvalue weighted by atomic mass is 16.7. The first-order chi connectivity index (χ1) is 10.7. The molecule has 0 unspecified atom stereocenters. The molecular weight excluding hydrogens is 297 g/mol. The quantitative estimate of drug-likeness (QED) is 0.388. The number of hydrogen-bond acceptors (Lipinski definition) is 6. The van der Waals surface area contributed by atoms with Crippen molar-refractivity contribution in [3.8, 4) is 0 Å². The molecule has 0 aliphatic carbocycles. The number of rotatable bonds is 5. The molecule has 7 heteroatoms. The SMILES string of the molecule is COC(=O)c1ccc(B2OC(C)(C)C(C)(C)O2)cc1COC=N. The molecule has 0 radical (unpaired) electrons. The molecule has 23 heavy (non-hydrogen) atoms. The minimum Gasteiger partial charge on any atom is -0.479 e. The van der Waals surface area contributed by atoms with Crippen LogP contribution in [0.25, 0.3) is 0 Å². The third-order valence-electron chi connectivity index (χ3n) is 4.38. The van der Waals surface area contributed by atoms with Gasteiger partial charge in [0.25, 0.3) is 0 Å². The van der Waals surface area contributed by atoms with E-state index < -0.39 is 24.3 Å². The fraction of sp³-hybridized carbons (Fsp3) is 0.500. The maximum absolute atomic E-state index is 11.8. The van der Waals surface area contributed by atoms with Crippen molar-refractivity contribution in [1.82, 2.24) is 0 Å². The Bertz CT molecular complexity index is 598. The molecule has 0 saturated carbocycles. The molecule has 0 bridgehead atoms. The Kier molecular flexibility index (Phi) is 4.82. The van der Waals surface area contributed by atoms with E-state index in [2.05, 4.69) is 0 Å². The van der Waals surface area contributed by atoms with Crippen molar-refractivity contribution in [3.05, 3.63) is 29.3 Å². The van der Waals surface area contributed by atoms with Crippen LogP contribution >= 0.6 is 0 Å².